The number of nitrogens with one attached hydrogen (secondary N) is 1. The van der Waals surface area contributed by atoms with Crippen LogP contribution in [0.25, 0.3) is 0 Å². The second-order valence-electron chi connectivity index (χ2n) is 6.84. The maximum Gasteiger partial charge on any atom is 0.416 e. The van der Waals surface area contributed by atoms with Crippen LogP contribution < -0.4 is 14.8 Å². The molecule has 1 N–H and O–H groups in total. The van der Waals surface area contributed by atoms with E-state index in [0.717, 1.165) is 12.1 Å². The van der Waals surface area contributed by atoms with Gasteiger partial charge in [-0.1, -0.05) is 12.1 Å². The van der Waals surface area contributed by atoms with Crippen LogP contribution in [0.4, 0.5) is 13.2 Å². The Bertz CT molecular complexity index is 1090. The van der Waals surface area contributed by atoms with Gasteiger partial charge in [0.15, 0.2) is 5.69 Å². The average Bonchev–Trinajstić information content (AvgIpc) is 2.79. The number of methoxy groups -OCH3 is 1. The number of alkyl halides is 3. The van der Waals surface area contributed by atoms with Crippen molar-refractivity contribution in [3.63, 3.8) is 0 Å². The molecule has 0 aliphatic carbocycles. The summed E-state index contributed by atoms with van der Waals surface area (Å²) in [5, 5.41) is 10.6. The van der Waals surface area contributed by atoms with Crippen molar-refractivity contribution in [2.75, 3.05) is 13.7 Å². The molecule has 1 aromatic carbocycles. The largest absolute Gasteiger partial charge is 0.491 e. The van der Waals surface area contributed by atoms with Gasteiger partial charge in [-0.3, -0.25) is 9.78 Å². The van der Waals surface area contributed by atoms with Gasteiger partial charge in [0.1, 0.15) is 17.0 Å². The minimum absolute atomic E-state index is 0.0241. The topological polar surface area (TPSA) is 86.2 Å². The molecule has 0 saturated carbocycles. The van der Waals surface area contributed by atoms with Crippen LogP contribution in [-0.4, -0.2) is 34.8 Å². The molecule has 10 heteroatoms. The zero-order valence-corrected chi connectivity index (χ0v) is 16.3. The third-order valence-electron chi connectivity index (χ3n) is 5.02. The van der Waals surface area contributed by atoms with E-state index in [1.54, 1.807) is 12.1 Å². The second-order valence-corrected chi connectivity index (χ2v) is 6.84. The molecule has 1 aliphatic heterocycles. The number of hydrogen-bond donors (Lipinski definition) is 1. The molecule has 1 atom stereocenters. The molecule has 31 heavy (non-hydrogen) atoms. The Hall–Kier alpha value is -3.69. The van der Waals surface area contributed by atoms with E-state index < -0.39 is 23.2 Å². The van der Waals surface area contributed by atoms with Crippen molar-refractivity contribution >= 4 is 5.91 Å². The molecule has 1 amide bonds. The van der Waals surface area contributed by atoms with Gasteiger partial charge < -0.3 is 14.8 Å². The molecule has 4 rings (SSSR count). The highest BCUT2D eigenvalue weighted by Crippen LogP contribution is 2.41. The van der Waals surface area contributed by atoms with Crippen LogP contribution in [-0.2, 0) is 11.7 Å². The number of ether oxygens (including phenoxy) is 2. The highest BCUT2D eigenvalue weighted by molar-refractivity contribution is 5.93. The van der Waals surface area contributed by atoms with Crippen LogP contribution >= 0.6 is 0 Å². The lowest BCUT2D eigenvalue weighted by molar-refractivity contribution is -0.137. The number of hydrogen-bond acceptors (Lipinski definition) is 6. The van der Waals surface area contributed by atoms with Crippen molar-refractivity contribution in [1.82, 2.24) is 20.5 Å². The highest BCUT2D eigenvalue weighted by atomic mass is 19.4. The van der Waals surface area contributed by atoms with Crippen LogP contribution in [0.2, 0.25) is 0 Å². The molecule has 2 aromatic heterocycles. The van der Waals surface area contributed by atoms with Gasteiger partial charge >= 0.3 is 6.18 Å². The molecule has 0 bridgehead atoms. The molecule has 0 saturated heterocycles. The molecule has 7 nitrogen and oxygen atoms in total. The first-order valence-corrected chi connectivity index (χ1v) is 9.30. The number of amides is 1. The zero-order chi connectivity index (χ0) is 22.1. The van der Waals surface area contributed by atoms with E-state index in [2.05, 4.69) is 20.5 Å². The molecule has 3 aromatic rings. The summed E-state index contributed by atoms with van der Waals surface area (Å²) < 4.78 is 49.8. The number of carbonyl (C=O) groups excluding carboxylic acids is 1. The fourth-order valence-corrected chi connectivity index (χ4v) is 3.49. The van der Waals surface area contributed by atoms with Crippen molar-refractivity contribution < 1.29 is 27.4 Å². The molecular weight excluding hydrogens is 413 g/mol. The number of benzene rings is 1. The van der Waals surface area contributed by atoms with Gasteiger partial charge in [-0.15, -0.1) is 10.2 Å². The molecular formula is C21H17F3N4O3. The molecule has 0 fully saturated rings. The monoisotopic (exact) mass is 430 g/mol. The van der Waals surface area contributed by atoms with Crippen LogP contribution in [0.15, 0.2) is 54.7 Å². The van der Waals surface area contributed by atoms with Crippen molar-refractivity contribution in [3.8, 4) is 11.6 Å². The summed E-state index contributed by atoms with van der Waals surface area (Å²) >= 11 is 0. The number of nitrogens with zero attached hydrogens (tertiary/aromatic N) is 3. The van der Waals surface area contributed by atoms with Crippen molar-refractivity contribution in [2.24, 2.45) is 0 Å². The molecule has 0 spiro atoms. The predicted molar refractivity (Wildman–Crippen MR) is 103 cm³/mol. The van der Waals surface area contributed by atoms with Gasteiger partial charge in [0, 0.05) is 18.7 Å². The predicted octanol–water partition coefficient (Wildman–Crippen LogP) is 3.36. The van der Waals surface area contributed by atoms with Gasteiger partial charge in [0.2, 0.25) is 5.88 Å². The number of fused-ring (bicyclic) bond motifs is 1. The van der Waals surface area contributed by atoms with Crippen molar-refractivity contribution in [1.29, 1.82) is 0 Å². The quantitative estimate of drug-likeness (QED) is 0.683. The lowest BCUT2D eigenvalue weighted by Gasteiger charge is -2.39. The zero-order valence-electron chi connectivity index (χ0n) is 16.3. The lowest BCUT2D eigenvalue weighted by Crippen LogP contribution is -2.50. The van der Waals surface area contributed by atoms with Gasteiger partial charge in [0.25, 0.3) is 5.91 Å². The number of rotatable bonds is 4. The third kappa shape index (κ3) is 3.88. The fourth-order valence-electron chi connectivity index (χ4n) is 3.49. The standard InChI is InChI=1S/C21H17F3N4O3/c1-30-17-9-8-15(27-28-17)19(29)26-20(10-12-31-16-3-2-11-25-18(16)20)13-4-6-14(7-5-13)21(22,23)24/h2-9,11H,10,12H2,1H3,(H,26,29)/t20-/m0/s1. The summed E-state index contributed by atoms with van der Waals surface area (Å²) in [6.45, 7) is 0.230. The Balaban J connectivity index is 1.78. The lowest BCUT2D eigenvalue weighted by atomic mass is 9.81. The van der Waals surface area contributed by atoms with E-state index >= 15 is 0 Å². The molecule has 160 valence electrons. The number of pyridine rings is 1. The SMILES string of the molecule is COc1ccc(C(=O)N[C@]2(c3ccc(C(F)(F)F)cc3)CCOc3cccnc32)nn1. The van der Waals surface area contributed by atoms with Gasteiger partial charge in [-0.05, 0) is 35.9 Å². The minimum atomic E-state index is -4.47. The van der Waals surface area contributed by atoms with Crippen LogP contribution in [0.3, 0.4) is 0 Å². The van der Waals surface area contributed by atoms with Crippen molar-refractivity contribution in [3.05, 3.63) is 77.2 Å². The molecule has 0 radical (unpaired) electrons. The molecule has 3 heterocycles. The van der Waals surface area contributed by atoms with E-state index in [1.165, 1.54) is 37.6 Å². The van der Waals surface area contributed by atoms with Crippen LogP contribution in [0, 0.1) is 0 Å². The van der Waals surface area contributed by atoms with E-state index in [0.29, 0.717) is 17.0 Å². The normalized spacial score (nSPS) is 17.9. The first kappa shape index (κ1) is 20.6. The summed E-state index contributed by atoms with van der Waals surface area (Å²) in [7, 11) is 1.42. The average molecular weight is 430 g/mol. The minimum Gasteiger partial charge on any atom is -0.491 e. The van der Waals surface area contributed by atoms with Gasteiger partial charge in [-0.25, -0.2) is 0 Å². The Labute approximate surface area is 175 Å². The maximum absolute atomic E-state index is 13.1. The first-order chi connectivity index (χ1) is 14.8. The Morgan fingerprint density at radius 1 is 1.13 bits per heavy atom. The number of halogens is 3. The highest BCUT2D eigenvalue weighted by Gasteiger charge is 2.43. The van der Waals surface area contributed by atoms with Crippen molar-refractivity contribution in [2.45, 2.75) is 18.1 Å². The maximum atomic E-state index is 13.1. The fraction of sp³-hybridized carbons (Fsp3) is 0.238. The van der Waals surface area contributed by atoms with E-state index in [9.17, 15) is 18.0 Å². The van der Waals surface area contributed by atoms with Crippen LogP contribution in [0.5, 0.6) is 11.6 Å². The molecule has 0 unspecified atom stereocenters. The Morgan fingerprint density at radius 3 is 2.55 bits per heavy atom. The summed E-state index contributed by atoms with van der Waals surface area (Å²) in [5.41, 5.74) is -1.13. The first-order valence-electron chi connectivity index (χ1n) is 9.30. The Morgan fingerprint density at radius 2 is 1.90 bits per heavy atom. The summed E-state index contributed by atoms with van der Waals surface area (Å²) in [5.74, 6) is 0.121. The van der Waals surface area contributed by atoms with E-state index in [4.69, 9.17) is 9.47 Å². The number of aromatic nitrogens is 3. The van der Waals surface area contributed by atoms with E-state index in [-0.39, 0.29) is 24.6 Å². The Kier molecular flexibility index (Phi) is 5.22. The molecule has 1 aliphatic rings. The summed E-state index contributed by atoms with van der Waals surface area (Å²) in [4.78, 5) is 17.4. The van der Waals surface area contributed by atoms with E-state index in [1.807, 2.05) is 0 Å². The summed E-state index contributed by atoms with van der Waals surface area (Å²) in [6, 6.07) is 10.9. The number of carbonyl (C=O) groups is 1. The summed E-state index contributed by atoms with van der Waals surface area (Å²) in [6.07, 6.45) is -2.68. The third-order valence-corrected chi connectivity index (χ3v) is 5.02. The van der Waals surface area contributed by atoms with Gasteiger partial charge in [0.05, 0.1) is 19.3 Å². The second kappa shape index (κ2) is 7.86. The van der Waals surface area contributed by atoms with Gasteiger partial charge in [-0.2, -0.15) is 13.2 Å². The smallest absolute Gasteiger partial charge is 0.416 e. The van der Waals surface area contributed by atoms with Crippen LogP contribution in [0.1, 0.15) is 33.7 Å².